The van der Waals surface area contributed by atoms with E-state index in [0.717, 1.165) is 17.1 Å². The Labute approximate surface area is 84.3 Å². The Morgan fingerprint density at radius 2 is 2.07 bits per heavy atom. The van der Waals surface area contributed by atoms with Gasteiger partial charge < -0.3 is 14.6 Å². The molecule has 0 heterocycles. The molecule has 0 unspecified atom stereocenters. The molecule has 0 saturated heterocycles. The summed E-state index contributed by atoms with van der Waals surface area (Å²) in [5.74, 6) is 1.47. The zero-order chi connectivity index (χ0) is 10.4. The number of benzene rings is 1. The van der Waals surface area contributed by atoms with Gasteiger partial charge in [-0.25, -0.2) is 0 Å². The molecular formula is C11H16O3. The molecule has 0 bridgehead atoms. The fraction of sp³-hybridized carbons (Fsp3) is 0.455. The fourth-order valence-electron chi connectivity index (χ4n) is 1.14. The van der Waals surface area contributed by atoms with E-state index < -0.39 is 0 Å². The maximum atomic E-state index is 8.60. The van der Waals surface area contributed by atoms with E-state index in [2.05, 4.69) is 0 Å². The van der Waals surface area contributed by atoms with Crippen molar-refractivity contribution < 1.29 is 14.6 Å². The molecule has 0 aliphatic heterocycles. The smallest absolute Gasteiger partial charge is 0.161 e. The van der Waals surface area contributed by atoms with Gasteiger partial charge in [0.1, 0.15) is 0 Å². The number of methoxy groups -OCH3 is 1. The van der Waals surface area contributed by atoms with Crippen molar-refractivity contribution in [2.24, 2.45) is 0 Å². The van der Waals surface area contributed by atoms with Crippen molar-refractivity contribution >= 4 is 0 Å². The lowest BCUT2D eigenvalue weighted by molar-refractivity contribution is 0.228. The second-order valence-corrected chi connectivity index (χ2v) is 3.08. The van der Waals surface area contributed by atoms with Crippen molar-refractivity contribution in [3.05, 3.63) is 23.8 Å². The Bertz CT molecular complexity index is 284. The fourth-order valence-corrected chi connectivity index (χ4v) is 1.14. The first-order valence-corrected chi connectivity index (χ1v) is 4.66. The first-order valence-electron chi connectivity index (χ1n) is 4.66. The maximum absolute atomic E-state index is 8.60. The molecule has 0 radical (unpaired) electrons. The van der Waals surface area contributed by atoms with Crippen LogP contribution in [0, 0.1) is 6.92 Å². The molecule has 1 rings (SSSR count). The van der Waals surface area contributed by atoms with Gasteiger partial charge in [0, 0.05) is 13.0 Å². The van der Waals surface area contributed by atoms with Crippen LogP contribution in [0.2, 0.25) is 0 Å². The Morgan fingerprint density at radius 3 is 2.71 bits per heavy atom. The van der Waals surface area contributed by atoms with E-state index in [-0.39, 0.29) is 6.61 Å². The summed E-state index contributed by atoms with van der Waals surface area (Å²) >= 11 is 0. The number of aliphatic hydroxyl groups excluding tert-OH is 1. The van der Waals surface area contributed by atoms with Crippen molar-refractivity contribution in [3.63, 3.8) is 0 Å². The van der Waals surface area contributed by atoms with Crippen LogP contribution in [0.5, 0.6) is 11.5 Å². The van der Waals surface area contributed by atoms with Gasteiger partial charge in [-0.2, -0.15) is 0 Å². The lowest BCUT2D eigenvalue weighted by atomic mass is 10.2. The number of aryl methyl sites for hydroxylation is 1. The van der Waals surface area contributed by atoms with Crippen LogP contribution in [0.4, 0.5) is 0 Å². The van der Waals surface area contributed by atoms with Gasteiger partial charge in [-0.3, -0.25) is 0 Å². The molecule has 0 atom stereocenters. The molecule has 0 aliphatic rings. The second-order valence-electron chi connectivity index (χ2n) is 3.08. The lowest BCUT2D eigenvalue weighted by Gasteiger charge is -2.10. The predicted molar refractivity (Wildman–Crippen MR) is 54.9 cm³/mol. The standard InChI is InChI=1S/C11H16O3/c1-9-4-5-10(11(8-9)13-2)14-7-3-6-12/h4-5,8,12H,3,6-7H2,1-2H3. The molecule has 1 aromatic rings. The van der Waals surface area contributed by atoms with Gasteiger partial charge in [-0.05, 0) is 24.6 Å². The van der Waals surface area contributed by atoms with Crippen molar-refractivity contribution in [3.8, 4) is 11.5 Å². The number of hydrogen-bond donors (Lipinski definition) is 1. The summed E-state index contributed by atoms with van der Waals surface area (Å²) in [7, 11) is 1.62. The van der Waals surface area contributed by atoms with Crippen molar-refractivity contribution in [1.29, 1.82) is 0 Å². The van der Waals surface area contributed by atoms with Gasteiger partial charge in [-0.15, -0.1) is 0 Å². The topological polar surface area (TPSA) is 38.7 Å². The largest absolute Gasteiger partial charge is 0.493 e. The highest BCUT2D eigenvalue weighted by molar-refractivity contribution is 5.42. The summed E-state index contributed by atoms with van der Waals surface area (Å²) in [5, 5.41) is 8.60. The molecule has 78 valence electrons. The van der Waals surface area contributed by atoms with Crippen molar-refractivity contribution in [1.82, 2.24) is 0 Å². The van der Waals surface area contributed by atoms with Gasteiger partial charge in [0.15, 0.2) is 11.5 Å². The molecule has 0 aliphatic carbocycles. The van der Waals surface area contributed by atoms with Gasteiger partial charge in [0.05, 0.1) is 13.7 Å². The summed E-state index contributed by atoms with van der Waals surface area (Å²) in [6, 6.07) is 5.77. The average molecular weight is 196 g/mol. The zero-order valence-corrected chi connectivity index (χ0v) is 8.62. The van der Waals surface area contributed by atoms with E-state index in [1.807, 2.05) is 25.1 Å². The lowest BCUT2D eigenvalue weighted by Crippen LogP contribution is -2.01. The SMILES string of the molecule is COc1cc(C)ccc1OCCCO. The Hall–Kier alpha value is -1.22. The van der Waals surface area contributed by atoms with E-state index in [1.54, 1.807) is 7.11 Å². The molecule has 3 nitrogen and oxygen atoms in total. The van der Waals surface area contributed by atoms with Crippen LogP contribution in [-0.2, 0) is 0 Å². The average Bonchev–Trinajstić information content (AvgIpc) is 2.20. The highest BCUT2D eigenvalue weighted by Gasteiger charge is 2.03. The van der Waals surface area contributed by atoms with Crippen LogP contribution >= 0.6 is 0 Å². The predicted octanol–water partition coefficient (Wildman–Crippen LogP) is 1.76. The molecule has 14 heavy (non-hydrogen) atoms. The van der Waals surface area contributed by atoms with E-state index in [0.29, 0.717) is 13.0 Å². The summed E-state index contributed by atoms with van der Waals surface area (Å²) in [5.41, 5.74) is 1.14. The van der Waals surface area contributed by atoms with Crippen LogP contribution in [0.1, 0.15) is 12.0 Å². The number of ether oxygens (including phenoxy) is 2. The second kappa shape index (κ2) is 5.50. The van der Waals surface area contributed by atoms with Gasteiger partial charge in [-0.1, -0.05) is 6.07 Å². The Kier molecular flexibility index (Phi) is 4.26. The zero-order valence-electron chi connectivity index (χ0n) is 8.62. The van der Waals surface area contributed by atoms with Crippen molar-refractivity contribution in [2.45, 2.75) is 13.3 Å². The summed E-state index contributed by atoms with van der Waals surface area (Å²) < 4.78 is 10.6. The normalized spacial score (nSPS) is 9.93. The van der Waals surface area contributed by atoms with Gasteiger partial charge >= 0.3 is 0 Å². The Morgan fingerprint density at radius 1 is 1.29 bits per heavy atom. The third kappa shape index (κ3) is 2.92. The molecule has 1 aromatic carbocycles. The van der Waals surface area contributed by atoms with E-state index in [1.165, 1.54) is 0 Å². The first kappa shape index (κ1) is 10.9. The monoisotopic (exact) mass is 196 g/mol. The third-order valence-corrected chi connectivity index (χ3v) is 1.88. The highest BCUT2D eigenvalue weighted by Crippen LogP contribution is 2.27. The van der Waals surface area contributed by atoms with E-state index in [9.17, 15) is 0 Å². The molecule has 0 amide bonds. The van der Waals surface area contributed by atoms with Crippen LogP contribution in [0.15, 0.2) is 18.2 Å². The summed E-state index contributed by atoms with van der Waals surface area (Å²) in [6.07, 6.45) is 0.636. The van der Waals surface area contributed by atoms with E-state index in [4.69, 9.17) is 14.6 Å². The minimum atomic E-state index is 0.147. The van der Waals surface area contributed by atoms with E-state index >= 15 is 0 Å². The molecule has 0 aromatic heterocycles. The Balaban J connectivity index is 2.65. The molecule has 0 fully saturated rings. The minimum Gasteiger partial charge on any atom is -0.493 e. The van der Waals surface area contributed by atoms with Crippen LogP contribution in [0.25, 0.3) is 0 Å². The molecular weight excluding hydrogens is 180 g/mol. The minimum absolute atomic E-state index is 0.147. The molecule has 0 saturated carbocycles. The number of aliphatic hydroxyl groups is 1. The van der Waals surface area contributed by atoms with Crippen molar-refractivity contribution in [2.75, 3.05) is 20.3 Å². The number of rotatable bonds is 5. The van der Waals surface area contributed by atoms with Gasteiger partial charge in [0.25, 0.3) is 0 Å². The summed E-state index contributed by atoms with van der Waals surface area (Å²) in [4.78, 5) is 0. The number of hydrogen-bond acceptors (Lipinski definition) is 3. The first-order chi connectivity index (χ1) is 6.77. The van der Waals surface area contributed by atoms with Gasteiger partial charge in [0.2, 0.25) is 0 Å². The third-order valence-electron chi connectivity index (χ3n) is 1.88. The highest BCUT2D eigenvalue weighted by atomic mass is 16.5. The van der Waals surface area contributed by atoms with Crippen LogP contribution in [0.3, 0.4) is 0 Å². The quantitative estimate of drug-likeness (QED) is 0.729. The molecule has 0 spiro atoms. The summed E-state index contributed by atoms with van der Waals surface area (Å²) in [6.45, 7) is 2.66. The van der Waals surface area contributed by atoms with Crippen LogP contribution in [-0.4, -0.2) is 25.4 Å². The molecule has 3 heteroatoms. The van der Waals surface area contributed by atoms with Crippen LogP contribution < -0.4 is 9.47 Å². The maximum Gasteiger partial charge on any atom is 0.161 e. The molecule has 1 N–H and O–H groups in total.